The molecule has 0 bridgehead atoms. The number of unbranched alkanes of at least 4 members (excludes halogenated alkanes) is 10. The molecular weight excluding hydrogens is 560 g/mol. The van der Waals surface area contributed by atoms with Crippen molar-refractivity contribution in [1.82, 2.24) is 0 Å². The number of aliphatic hydroxyl groups is 3. The van der Waals surface area contributed by atoms with Crippen molar-refractivity contribution in [3.63, 3.8) is 0 Å². The van der Waals surface area contributed by atoms with Crippen molar-refractivity contribution in [2.75, 3.05) is 6.61 Å². The van der Waals surface area contributed by atoms with Gasteiger partial charge in [-0.25, -0.2) is 0 Å². The fourth-order valence-corrected chi connectivity index (χ4v) is 8.31. The van der Waals surface area contributed by atoms with E-state index in [1.54, 1.807) is 32.9 Å². The molecule has 1 saturated carbocycles. The minimum Gasteiger partial charge on any atom is -0.458 e. The summed E-state index contributed by atoms with van der Waals surface area (Å²) in [6.07, 6.45) is 15.1. The highest BCUT2D eigenvalue weighted by Gasteiger charge is 2.73. The predicted molar refractivity (Wildman–Crippen MR) is 170 cm³/mol. The first-order valence-corrected chi connectivity index (χ1v) is 17.0. The van der Waals surface area contributed by atoms with Gasteiger partial charge >= 0.3 is 11.9 Å². The van der Waals surface area contributed by atoms with E-state index in [-0.39, 0.29) is 12.8 Å². The van der Waals surface area contributed by atoms with E-state index < -0.39 is 70.4 Å². The normalized spacial score (nSPS) is 34.4. The largest absolute Gasteiger partial charge is 0.458 e. The minimum atomic E-state index is -1.95. The Morgan fingerprint density at radius 3 is 1.98 bits per heavy atom. The predicted octanol–water partition coefficient (Wildman–Crippen LogP) is 6.14. The summed E-state index contributed by atoms with van der Waals surface area (Å²) in [6.45, 7) is 11.9. The number of carbonyl (C=O) groups excluding carboxylic acids is 3. The van der Waals surface area contributed by atoms with Crippen molar-refractivity contribution < 1.29 is 39.2 Å². The van der Waals surface area contributed by atoms with Gasteiger partial charge < -0.3 is 24.8 Å². The second-order valence-electron chi connectivity index (χ2n) is 14.5. The molecule has 250 valence electrons. The summed E-state index contributed by atoms with van der Waals surface area (Å²) >= 11 is 0. The van der Waals surface area contributed by atoms with E-state index in [4.69, 9.17) is 9.47 Å². The van der Waals surface area contributed by atoms with E-state index in [1.807, 2.05) is 13.8 Å². The Labute approximate surface area is 264 Å². The summed E-state index contributed by atoms with van der Waals surface area (Å²) in [5, 5.41) is 34.8. The average Bonchev–Trinajstić information content (AvgIpc) is 3.12. The van der Waals surface area contributed by atoms with Crippen LogP contribution >= 0.6 is 0 Å². The van der Waals surface area contributed by atoms with E-state index in [2.05, 4.69) is 6.92 Å². The number of carbonyl (C=O) groups is 3. The Bertz CT molecular complexity index is 1110. The number of Topliss-reactive ketones (excluding diaryl/α,β-unsaturated/α-hetero) is 1. The molecule has 0 unspecified atom stereocenters. The summed E-state index contributed by atoms with van der Waals surface area (Å²) in [4.78, 5) is 39.1. The van der Waals surface area contributed by atoms with Crippen molar-refractivity contribution in [3.05, 3.63) is 23.3 Å². The second kappa shape index (κ2) is 14.6. The van der Waals surface area contributed by atoms with Gasteiger partial charge in [-0.2, -0.15) is 0 Å². The van der Waals surface area contributed by atoms with Gasteiger partial charge in [-0.15, -0.1) is 0 Å². The zero-order valence-corrected chi connectivity index (χ0v) is 28.2. The molecule has 3 rings (SSSR count). The van der Waals surface area contributed by atoms with E-state index in [9.17, 15) is 29.7 Å². The minimum absolute atomic E-state index is 0.129. The molecule has 0 radical (unpaired) electrons. The SMILES string of the molecule is CCCCCCCCCCCCCC(=O)O[C@@H]1[C@H](C)[C@@]2(O)[C@@H](C=C(CO)C[C@]3(O)C(=O)C(C)=C[C@@H]23)C(C)(C)[C@]1(C)OC(C)=O. The van der Waals surface area contributed by atoms with Gasteiger partial charge in [-0.05, 0) is 31.4 Å². The number of ether oxygens (including phenoxy) is 2. The lowest BCUT2D eigenvalue weighted by molar-refractivity contribution is -0.289. The lowest BCUT2D eigenvalue weighted by Gasteiger charge is -2.63. The molecule has 8 nitrogen and oxygen atoms in total. The molecule has 0 saturated heterocycles. The fourth-order valence-electron chi connectivity index (χ4n) is 8.31. The van der Waals surface area contributed by atoms with Gasteiger partial charge in [0.25, 0.3) is 0 Å². The molecule has 1 fully saturated rings. The van der Waals surface area contributed by atoms with Crippen molar-refractivity contribution in [2.24, 2.45) is 23.2 Å². The summed E-state index contributed by atoms with van der Waals surface area (Å²) in [7, 11) is 0. The Hall–Kier alpha value is -2.03. The number of hydrogen-bond acceptors (Lipinski definition) is 8. The van der Waals surface area contributed by atoms with Crippen LogP contribution in [0.1, 0.15) is 132 Å². The van der Waals surface area contributed by atoms with Gasteiger partial charge in [0.2, 0.25) is 0 Å². The number of esters is 2. The highest BCUT2D eigenvalue weighted by atomic mass is 16.6. The molecule has 3 aliphatic carbocycles. The third-order valence-corrected chi connectivity index (χ3v) is 11.2. The number of hydrogen-bond donors (Lipinski definition) is 3. The third kappa shape index (κ3) is 6.87. The van der Waals surface area contributed by atoms with Crippen LogP contribution in [0.3, 0.4) is 0 Å². The molecule has 44 heavy (non-hydrogen) atoms. The molecular formula is C36H58O8. The summed E-state index contributed by atoms with van der Waals surface area (Å²) in [5.41, 5.74) is -5.35. The fraction of sp³-hybridized carbons (Fsp3) is 0.806. The molecule has 3 aliphatic rings. The second-order valence-corrected chi connectivity index (χ2v) is 14.5. The van der Waals surface area contributed by atoms with Gasteiger partial charge in [0, 0.05) is 42.9 Å². The highest BCUT2D eigenvalue weighted by Crippen LogP contribution is 2.63. The van der Waals surface area contributed by atoms with Gasteiger partial charge in [-0.1, -0.05) is 104 Å². The average molecular weight is 619 g/mol. The van der Waals surface area contributed by atoms with Crippen LogP contribution in [0.15, 0.2) is 23.3 Å². The van der Waals surface area contributed by atoms with Gasteiger partial charge in [-0.3, -0.25) is 14.4 Å². The lowest BCUT2D eigenvalue weighted by Crippen LogP contribution is -2.75. The first-order valence-electron chi connectivity index (χ1n) is 17.0. The van der Waals surface area contributed by atoms with Crippen LogP contribution in [0.2, 0.25) is 0 Å². The maximum Gasteiger partial charge on any atom is 0.306 e. The summed E-state index contributed by atoms with van der Waals surface area (Å²) < 4.78 is 12.2. The Morgan fingerprint density at radius 1 is 0.909 bits per heavy atom. The smallest absolute Gasteiger partial charge is 0.306 e. The zero-order chi connectivity index (χ0) is 32.9. The number of ketones is 1. The Balaban J connectivity index is 1.80. The summed E-state index contributed by atoms with van der Waals surface area (Å²) in [5.74, 6) is -4.08. The molecule has 0 aromatic rings. The maximum absolute atomic E-state index is 13.3. The van der Waals surface area contributed by atoms with Crippen molar-refractivity contribution in [3.8, 4) is 0 Å². The molecule has 0 heterocycles. The van der Waals surface area contributed by atoms with Gasteiger partial charge in [0.05, 0.1) is 12.2 Å². The first kappa shape index (κ1) is 36.4. The van der Waals surface area contributed by atoms with Gasteiger partial charge in [0.15, 0.2) is 11.4 Å². The van der Waals surface area contributed by atoms with Crippen molar-refractivity contribution in [2.45, 2.75) is 155 Å². The molecule has 0 spiro atoms. The lowest BCUT2D eigenvalue weighted by atomic mass is 9.47. The molecule has 3 N–H and O–H groups in total. The van der Waals surface area contributed by atoms with Crippen LogP contribution < -0.4 is 0 Å². The van der Waals surface area contributed by atoms with E-state index >= 15 is 0 Å². The van der Waals surface area contributed by atoms with E-state index in [0.717, 1.165) is 19.3 Å². The Kier molecular flexibility index (Phi) is 12.1. The quantitative estimate of drug-likeness (QED) is 0.113. The van der Waals surface area contributed by atoms with Crippen LogP contribution in [0, 0.1) is 23.2 Å². The molecule has 7 atom stereocenters. The zero-order valence-electron chi connectivity index (χ0n) is 28.2. The molecule has 0 aliphatic heterocycles. The van der Waals surface area contributed by atoms with E-state index in [1.165, 1.54) is 51.9 Å². The van der Waals surface area contributed by atoms with Crippen LogP contribution in [-0.2, 0) is 23.9 Å². The molecule has 0 amide bonds. The third-order valence-electron chi connectivity index (χ3n) is 11.2. The standard InChI is InChI=1S/C36H58O8/c1-8-9-10-11-12-13-14-15-16-17-18-19-30(39)43-32-25(3)36(42)28(33(5,6)34(32,7)44-26(4)38)21-27(23-37)22-35(41)29(36)20-24(2)31(35)40/h20-21,25,28-29,32,37,41-42H,8-19,22-23H2,1-7H3/t25-,28-,29+,32+,34+,35+,36+/m0/s1. The van der Waals surface area contributed by atoms with E-state index in [0.29, 0.717) is 17.6 Å². The summed E-state index contributed by atoms with van der Waals surface area (Å²) in [6, 6.07) is 0. The molecule has 8 heteroatoms. The van der Waals surface area contributed by atoms with Crippen LogP contribution in [0.25, 0.3) is 0 Å². The number of aliphatic hydroxyl groups excluding tert-OH is 1. The Morgan fingerprint density at radius 2 is 1.45 bits per heavy atom. The van der Waals surface area contributed by atoms with Crippen molar-refractivity contribution in [1.29, 1.82) is 0 Å². The van der Waals surface area contributed by atoms with Crippen LogP contribution in [0.5, 0.6) is 0 Å². The molecule has 0 aromatic heterocycles. The van der Waals surface area contributed by atoms with Crippen LogP contribution in [-0.4, -0.2) is 62.6 Å². The van der Waals surface area contributed by atoms with Crippen LogP contribution in [0.4, 0.5) is 0 Å². The highest BCUT2D eigenvalue weighted by molar-refractivity contribution is 6.04. The first-order chi connectivity index (χ1) is 20.6. The number of fused-ring (bicyclic) bond motifs is 3. The maximum atomic E-state index is 13.3. The van der Waals surface area contributed by atoms with Gasteiger partial charge in [0.1, 0.15) is 11.7 Å². The topological polar surface area (TPSA) is 130 Å². The van der Waals surface area contributed by atoms with Crippen molar-refractivity contribution >= 4 is 17.7 Å². The monoisotopic (exact) mass is 618 g/mol. The molecule has 0 aromatic carbocycles. The number of rotatable bonds is 15.